The van der Waals surface area contributed by atoms with E-state index in [0.29, 0.717) is 13.0 Å². The number of aliphatic imine (C=N–C) groups is 1. The number of ether oxygens (including phenoxy) is 1. The SMILES string of the molecule is CC(N)CC1=NCC(c2cccc(Cl)c2)O1. The maximum absolute atomic E-state index is 5.93. The van der Waals surface area contributed by atoms with Crippen molar-refractivity contribution in [1.82, 2.24) is 0 Å². The number of rotatable bonds is 3. The minimum absolute atomic E-state index is 0.00699. The third-order valence-corrected chi connectivity index (χ3v) is 2.66. The second-order valence-corrected chi connectivity index (χ2v) is 4.51. The predicted octanol–water partition coefficient (Wildman–Crippen LogP) is 2.55. The van der Waals surface area contributed by atoms with Gasteiger partial charge in [-0.15, -0.1) is 0 Å². The Morgan fingerprint density at radius 1 is 1.62 bits per heavy atom. The second-order valence-electron chi connectivity index (χ2n) is 4.08. The molecule has 0 spiro atoms. The van der Waals surface area contributed by atoms with Crippen LogP contribution in [0, 0.1) is 0 Å². The molecular formula is C12H15ClN2O. The van der Waals surface area contributed by atoms with E-state index in [9.17, 15) is 0 Å². The lowest BCUT2D eigenvalue weighted by Crippen LogP contribution is -2.20. The summed E-state index contributed by atoms with van der Waals surface area (Å²) in [5.41, 5.74) is 6.76. The molecule has 3 nitrogen and oxygen atoms in total. The smallest absolute Gasteiger partial charge is 0.185 e. The van der Waals surface area contributed by atoms with Crippen LogP contribution in [0.3, 0.4) is 0 Å². The molecule has 1 aliphatic rings. The predicted molar refractivity (Wildman–Crippen MR) is 65.8 cm³/mol. The van der Waals surface area contributed by atoms with E-state index in [4.69, 9.17) is 22.1 Å². The Labute approximate surface area is 100 Å². The van der Waals surface area contributed by atoms with Crippen molar-refractivity contribution in [3.05, 3.63) is 34.9 Å². The standard InChI is InChI=1S/C12H15ClN2O/c1-8(14)5-12-15-7-11(16-12)9-3-2-4-10(13)6-9/h2-4,6,8,11H,5,7,14H2,1H3. The van der Waals surface area contributed by atoms with Gasteiger partial charge in [0.15, 0.2) is 5.90 Å². The fourth-order valence-corrected chi connectivity index (χ4v) is 1.89. The second kappa shape index (κ2) is 4.85. The zero-order chi connectivity index (χ0) is 11.5. The number of nitrogens with two attached hydrogens (primary N) is 1. The molecule has 0 saturated heterocycles. The fraction of sp³-hybridized carbons (Fsp3) is 0.417. The lowest BCUT2D eigenvalue weighted by molar-refractivity contribution is 0.222. The van der Waals surface area contributed by atoms with Crippen molar-refractivity contribution in [1.29, 1.82) is 0 Å². The Morgan fingerprint density at radius 3 is 3.12 bits per heavy atom. The summed E-state index contributed by atoms with van der Waals surface area (Å²) in [6, 6.07) is 7.77. The van der Waals surface area contributed by atoms with E-state index in [2.05, 4.69) is 4.99 Å². The molecule has 0 aliphatic carbocycles. The molecule has 1 heterocycles. The molecular weight excluding hydrogens is 224 g/mol. The quantitative estimate of drug-likeness (QED) is 0.880. The van der Waals surface area contributed by atoms with Crippen LogP contribution in [-0.4, -0.2) is 18.5 Å². The molecule has 0 radical (unpaired) electrons. The first-order chi connectivity index (χ1) is 7.65. The Balaban J connectivity index is 2.01. The average molecular weight is 239 g/mol. The van der Waals surface area contributed by atoms with E-state index in [1.165, 1.54) is 0 Å². The molecule has 2 rings (SSSR count). The van der Waals surface area contributed by atoms with E-state index < -0.39 is 0 Å². The lowest BCUT2D eigenvalue weighted by atomic mass is 10.1. The molecule has 0 bridgehead atoms. The summed E-state index contributed by atoms with van der Waals surface area (Å²) in [6.07, 6.45) is 0.685. The monoisotopic (exact) mass is 238 g/mol. The van der Waals surface area contributed by atoms with Gasteiger partial charge < -0.3 is 10.5 Å². The van der Waals surface area contributed by atoms with Gasteiger partial charge in [0.05, 0.1) is 6.54 Å². The Bertz CT molecular complexity index is 404. The first-order valence-electron chi connectivity index (χ1n) is 5.36. The van der Waals surface area contributed by atoms with Crippen LogP contribution in [0.15, 0.2) is 29.3 Å². The highest BCUT2D eigenvalue weighted by atomic mass is 35.5. The van der Waals surface area contributed by atoms with Crippen LogP contribution in [0.5, 0.6) is 0 Å². The van der Waals surface area contributed by atoms with Gasteiger partial charge in [-0.25, -0.2) is 0 Å². The van der Waals surface area contributed by atoms with Crippen molar-refractivity contribution >= 4 is 17.5 Å². The van der Waals surface area contributed by atoms with Gasteiger partial charge in [-0.2, -0.15) is 0 Å². The summed E-state index contributed by atoms with van der Waals surface area (Å²) >= 11 is 5.93. The number of hydrogen-bond acceptors (Lipinski definition) is 3. The third kappa shape index (κ3) is 2.74. The van der Waals surface area contributed by atoms with Crippen LogP contribution in [0.4, 0.5) is 0 Å². The molecule has 2 unspecified atom stereocenters. The van der Waals surface area contributed by atoms with Gasteiger partial charge in [0.1, 0.15) is 6.10 Å². The van der Waals surface area contributed by atoms with Gasteiger partial charge in [0, 0.05) is 17.5 Å². The van der Waals surface area contributed by atoms with E-state index >= 15 is 0 Å². The average Bonchev–Trinajstić information content (AvgIpc) is 2.65. The normalized spacial score (nSPS) is 21.4. The van der Waals surface area contributed by atoms with Gasteiger partial charge in [-0.3, -0.25) is 4.99 Å². The van der Waals surface area contributed by atoms with Crippen molar-refractivity contribution in [2.24, 2.45) is 10.7 Å². The number of benzene rings is 1. The molecule has 0 fully saturated rings. The van der Waals surface area contributed by atoms with Gasteiger partial charge >= 0.3 is 0 Å². The molecule has 4 heteroatoms. The fourth-order valence-electron chi connectivity index (χ4n) is 1.69. The van der Waals surface area contributed by atoms with Crippen LogP contribution in [0.25, 0.3) is 0 Å². The molecule has 1 aliphatic heterocycles. The summed E-state index contributed by atoms with van der Waals surface area (Å²) in [7, 11) is 0. The third-order valence-electron chi connectivity index (χ3n) is 2.43. The molecule has 2 atom stereocenters. The first-order valence-corrected chi connectivity index (χ1v) is 5.74. The zero-order valence-corrected chi connectivity index (χ0v) is 9.95. The number of hydrogen-bond donors (Lipinski definition) is 1. The maximum Gasteiger partial charge on any atom is 0.185 e. The van der Waals surface area contributed by atoms with Crippen molar-refractivity contribution in [3.8, 4) is 0 Å². The number of nitrogens with zero attached hydrogens (tertiary/aromatic N) is 1. The summed E-state index contributed by atoms with van der Waals surface area (Å²) in [5, 5.41) is 0.724. The van der Waals surface area contributed by atoms with E-state index in [1.54, 1.807) is 0 Å². The molecule has 0 saturated carbocycles. The van der Waals surface area contributed by atoms with Crippen LogP contribution < -0.4 is 5.73 Å². The number of halogens is 1. The van der Waals surface area contributed by atoms with Crippen LogP contribution in [0.2, 0.25) is 5.02 Å². The topological polar surface area (TPSA) is 47.6 Å². The van der Waals surface area contributed by atoms with Crippen LogP contribution in [-0.2, 0) is 4.74 Å². The highest BCUT2D eigenvalue weighted by Gasteiger charge is 2.22. The maximum atomic E-state index is 5.93. The van der Waals surface area contributed by atoms with Gasteiger partial charge in [-0.05, 0) is 24.6 Å². The van der Waals surface area contributed by atoms with Gasteiger partial charge in [0.2, 0.25) is 0 Å². The zero-order valence-electron chi connectivity index (χ0n) is 9.19. The molecule has 1 aromatic carbocycles. The van der Waals surface area contributed by atoms with E-state index in [-0.39, 0.29) is 12.1 Å². The highest BCUT2D eigenvalue weighted by Crippen LogP contribution is 2.25. The lowest BCUT2D eigenvalue weighted by Gasteiger charge is -2.12. The van der Waals surface area contributed by atoms with Crippen molar-refractivity contribution in [2.75, 3.05) is 6.54 Å². The summed E-state index contributed by atoms with van der Waals surface area (Å²) in [6.45, 7) is 2.60. The van der Waals surface area contributed by atoms with Crippen LogP contribution >= 0.6 is 11.6 Å². The summed E-state index contributed by atoms with van der Waals surface area (Å²) in [5.74, 6) is 0.750. The van der Waals surface area contributed by atoms with Gasteiger partial charge in [0.25, 0.3) is 0 Å². The van der Waals surface area contributed by atoms with Crippen molar-refractivity contribution < 1.29 is 4.74 Å². The Kier molecular flexibility index (Phi) is 3.46. The molecule has 2 N–H and O–H groups in total. The van der Waals surface area contributed by atoms with E-state index in [0.717, 1.165) is 16.5 Å². The minimum atomic E-state index is -0.00699. The molecule has 86 valence electrons. The van der Waals surface area contributed by atoms with Gasteiger partial charge in [-0.1, -0.05) is 23.7 Å². The first kappa shape index (κ1) is 11.4. The Morgan fingerprint density at radius 2 is 2.44 bits per heavy atom. The minimum Gasteiger partial charge on any atom is -0.471 e. The largest absolute Gasteiger partial charge is 0.471 e. The van der Waals surface area contributed by atoms with Crippen LogP contribution in [0.1, 0.15) is 25.0 Å². The summed E-state index contributed by atoms with van der Waals surface area (Å²) in [4.78, 5) is 4.33. The molecule has 16 heavy (non-hydrogen) atoms. The molecule has 0 aromatic heterocycles. The van der Waals surface area contributed by atoms with Crippen molar-refractivity contribution in [2.45, 2.75) is 25.5 Å². The molecule has 0 amide bonds. The highest BCUT2D eigenvalue weighted by molar-refractivity contribution is 6.30. The summed E-state index contributed by atoms with van der Waals surface area (Å²) < 4.78 is 5.72. The van der Waals surface area contributed by atoms with Crippen molar-refractivity contribution in [3.63, 3.8) is 0 Å². The Hall–Kier alpha value is -1.06. The van der Waals surface area contributed by atoms with E-state index in [1.807, 2.05) is 31.2 Å². The molecule has 1 aromatic rings.